The summed E-state index contributed by atoms with van der Waals surface area (Å²) in [5.41, 5.74) is 0.0216. The van der Waals surface area contributed by atoms with Gasteiger partial charge in [-0.2, -0.15) is 0 Å². The molecule has 0 aromatic carbocycles. The van der Waals surface area contributed by atoms with Crippen LogP contribution in [-0.4, -0.2) is 30.2 Å². The van der Waals surface area contributed by atoms with Gasteiger partial charge in [0, 0.05) is 0 Å². The predicted molar refractivity (Wildman–Crippen MR) is 55.6 cm³/mol. The molecule has 2 heterocycles. The SMILES string of the molecule is CCCCC1(C2(C)OCCO2)OC12CC2. The average Bonchev–Trinajstić information content (AvgIpc) is 3.09. The van der Waals surface area contributed by atoms with Crippen LogP contribution in [0.5, 0.6) is 0 Å². The molecule has 3 rings (SSSR count). The van der Waals surface area contributed by atoms with E-state index in [1.807, 2.05) is 0 Å². The van der Waals surface area contributed by atoms with Gasteiger partial charge in [-0.15, -0.1) is 0 Å². The molecule has 0 bridgehead atoms. The van der Waals surface area contributed by atoms with Crippen molar-refractivity contribution < 1.29 is 14.2 Å². The summed E-state index contributed by atoms with van der Waals surface area (Å²) in [5, 5.41) is 0. The molecule has 3 heteroatoms. The van der Waals surface area contributed by atoms with Crippen molar-refractivity contribution in [3.63, 3.8) is 0 Å². The highest BCUT2D eigenvalue weighted by Gasteiger charge is 2.84. The van der Waals surface area contributed by atoms with Gasteiger partial charge in [0.1, 0.15) is 5.60 Å². The highest BCUT2D eigenvalue weighted by molar-refractivity contribution is 5.29. The Morgan fingerprint density at radius 2 is 1.80 bits per heavy atom. The maximum Gasteiger partial charge on any atom is 0.197 e. The van der Waals surface area contributed by atoms with Gasteiger partial charge in [0.2, 0.25) is 0 Å². The largest absolute Gasteiger partial charge is 0.357 e. The normalized spacial score (nSPS) is 39.6. The fraction of sp³-hybridized carbons (Fsp3) is 1.00. The van der Waals surface area contributed by atoms with Crippen LogP contribution in [0.25, 0.3) is 0 Å². The van der Waals surface area contributed by atoms with E-state index in [1.54, 1.807) is 0 Å². The van der Waals surface area contributed by atoms with Gasteiger partial charge >= 0.3 is 0 Å². The van der Waals surface area contributed by atoms with E-state index in [0.717, 1.165) is 6.42 Å². The lowest BCUT2D eigenvalue weighted by Crippen LogP contribution is -2.46. The molecule has 3 fully saturated rings. The number of hydrogen-bond acceptors (Lipinski definition) is 3. The summed E-state index contributed by atoms with van der Waals surface area (Å²) >= 11 is 0. The zero-order valence-electron chi connectivity index (χ0n) is 9.67. The molecular formula is C12H20O3. The van der Waals surface area contributed by atoms with E-state index < -0.39 is 5.79 Å². The molecule has 0 amide bonds. The van der Waals surface area contributed by atoms with Crippen molar-refractivity contribution in [3.05, 3.63) is 0 Å². The van der Waals surface area contributed by atoms with E-state index in [4.69, 9.17) is 14.2 Å². The van der Waals surface area contributed by atoms with E-state index in [2.05, 4.69) is 13.8 Å². The van der Waals surface area contributed by atoms with Crippen LogP contribution in [0.1, 0.15) is 46.0 Å². The molecule has 2 aliphatic heterocycles. The van der Waals surface area contributed by atoms with Gasteiger partial charge in [-0.05, 0) is 26.2 Å². The van der Waals surface area contributed by atoms with Gasteiger partial charge in [-0.25, -0.2) is 0 Å². The summed E-state index contributed by atoms with van der Waals surface area (Å²) < 4.78 is 17.6. The Labute approximate surface area is 91.1 Å². The fourth-order valence-corrected chi connectivity index (χ4v) is 3.11. The second-order valence-electron chi connectivity index (χ2n) is 5.17. The van der Waals surface area contributed by atoms with Crippen molar-refractivity contribution in [2.45, 2.75) is 62.9 Å². The Morgan fingerprint density at radius 1 is 1.13 bits per heavy atom. The van der Waals surface area contributed by atoms with Crippen molar-refractivity contribution in [1.82, 2.24) is 0 Å². The smallest absolute Gasteiger partial charge is 0.197 e. The Bertz CT molecular complexity index is 266. The van der Waals surface area contributed by atoms with Crippen LogP contribution in [0.4, 0.5) is 0 Å². The molecule has 0 aromatic heterocycles. The van der Waals surface area contributed by atoms with Crippen molar-refractivity contribution >= 4 is 0 Å². The van der Waals surface area contributed by atoms with Crippen LogP contribution in [-0.2, 0) is 14.2 Å². The third-order valence-corrected chi connectivity index (χ3v) is 4.22. The molecule has 0 aromatic rings. The molecule has 86 valence electrons. The molecule has 1 aliphatic carbocycles. The summed E-state index contributed by atoms with van der Waals surface area (Å²) in [6, 6.07) is 0. The highest BCUT2D eigenvalue weighted by Crippen LogP contribution is 2.71. The second kappa shape index (κ2) is 2.96. The summed E-state index contributed by atoms with van der Waals surface area (Å²) in [6.07, 6.45) is 5.87. The maximum absolute atomic E-state index is 6.04. The van der Waals surface area contributed by atoms with Gasteiger partial charge in [0.15, 0.2) is 11.4 Å². The van der Waals surface area contributed by atoms with E-state index in [1.165, 1.54) is 25.7 Å². The zero-order chi connectivity index (χ0) is 10.6. The lowest BCUT2D eigenvalue weighted by Gasteiger charge is -2.30. The van der Waals surface area contributed by atoms with Crippen LogP contribution < -0.4 is 0 Å². The van der Waals surface area contributed by atoms with Gasteiger partial charge in [0.25, 0.3) is 0 Å². The molecule has 1 spiro atoms. The van der Waals surface area contributed by atoms with E-state index in [-0.39, 0.29) is 11.2 Å². The van der Waals surface area contributed by atoms with Crippen LogP contribution in [0.2, 0.25) is 0 Å². The van der Waals surface area contributed by atoms with E-state index in [9.17, 15) is 0 Å². The summed E-state index contributed by atoms with van der Waals surface area (Å²) in [5.74, 6) is -0.474. The standard InChI is InChI=1S/C12H20O3/c1-3-4-5-12(11(15-12)6-7-11)10(2)13-8-9-14-10/h3-9H2,1-2H3. The molecular weight excluding hydrogens is 192 g/mol. The number of unbranched alkanes of at least 4 members (excludes halogenated alkanes) is 1. The predicted octanol–water partition coefficient (Wildman–Crippen LogP) is 2.24. The molecule has 0 radical (unpaired) electrons. The van der Waals surface area contributed by atoms with Crippen molar-refractivity contribution in [2.24, 2.45) is 0 Å². The second-order valence-corrected chi connectivity index (χ2v) is 5.17. The summed E-state index contributed by atoms with van der Waals surface area (Å²) in [4.78, 5) is 0. The number of ether oxygens (including phenoxy) is 3. The van der Waals surface area contributed by atoms with Crippen LogP contribution in [0, 0.1) is 0 Å². The Hall–Kier alpha value is -0.120. The first kappa shape index (κ1) is 10.1. The molecule has 15 heavy (non-hydrogen) atoms. The first-order valence-electron chi connectivity index (χ1n) is 6.16. The molecule has 3 aliphatic rings. The van der Waals surface area contributed by atoms with E-state index >= 15 is 0 Å². The summed E-state index contributed by atoms with van der Waals surface area (Å²) in [6.45, 7) is 5.70. The number of rotatable bonds is 4. The van der Waals surface area contributed by atoms with Gasteiger partial charge in [0.05, 0.1) is 13.2 Å². The van der Waals surface area contributed by atoms with Gasteiger partial charge in [-0.3, -0.25) is 0 Å². The quantitative estimate of drug-likeness (QED) is 0.670. The molecule has 0 N–H and O–H groups in total. The maximum atomic E-state index is 6.04. The summed E-state index contributed by atoms with van der Waals surface area (Å²) in [7, 11) is 0. The van der Waals surface area contributed by atoms with Gasteiger partial charge in [-0.1, -0.05) is 19.8 Å². The molecule has 1 saturated carbocycles. The Balaban J connectivity index is 1.79. The first-order chi connectivity index (χ1) is 7.18. The Kier molecular flexibility index (Phi) is 1.99. The van der Waals surface area contributed by atoms with E-state index in [0.29, 0.717) is 13.2 Å². The average molecular weight is 212 g/mol. The monoisotopic (exact) mass is 212 g/mol. The zero-order valence-corrected chi connectivity index (χ0v) is 9.67. The molecule has 1 atom stereocenters. The third-order valence-electron chi connectivity index (χ3n) is 4.22. The lowest BCUT2D eigenvalue weighted by molar-refractivity contribution is -0.191. The lowest BCUT2D eigenvalue weighted by atomic mass is 9.88. The number of epoxide rings is 1. The third kappa shape index (κ3) is 1.17. The highest BCUT2D eigenvalue weighted by atomic mass is 16.8. The number of hydrogen-bond donors (Lipinski definition) is 0. The molecule has 3 nitrogen and oxygen atoms in total. The van der Waals surface area contributed by atoms with Crippen molar-refractivity contribution in [3.8, 4) is 0 Å². The van der Waals surface area contributed by atoms with Crippen molar-refractivity contribution in [1.29, 1.82) is 0 Å². The topological polar surface area (TPSA) is 31.0 Å². The first-order valence-corrected chi connectivity index (χ1v) is 6.16. The minimum absolute atomic E-state index is 0.119. The van der Waals surface area contributed by atoms with Crippen LogP contribution in [0.15, 0.2) is 0 Å². The van der Waals surface area contributed by atoms with Crippen LogP contribution in [0.3, 0.4) is 0 Å². The van der Waals surface area contributed by atoms with Crippen molar-refractivity contribution in [2.75, 3.05) is 13.2 Å². The minimum Gasteiger partial charge on any atom is -0.357 e. The Morgan fingerprint density at radius 3 is 2.27 bits per heavy atom. The molecule has 1 unspecified atom stereocenters. The minimum atomic E-state index is -0.474. The van der Waals surface area contributed by atoms with Gasteiger partial charge < -0.3 is 14.2 Å². The molecule has 2 saturated heterocycles. The fourth-order valence-electron chi connectivity index (χ4n) is 3.11. The van der Waals surface area contributed by atoms with Crippen LogP contribution >= 0.6 is 0 Å².